The second-order valence-electron chi connectivity index (χ2n) is 4.62. The number of pyridine rings is 1. The summed E-state index contributed by atoms with van der Waals surface area (Å²) in [6, 6.07) is 11.7. The van der Waals surface area contributed by atoms with E-state index in [1.807, 2.05) is 24.4 Å². The number of anilines is 1. The lowest BCUT2D eigenvalue weighted by atomic mass is 10.0. The number of nitrogens with zero attached hydrogens (tertiary/aromatic N) is 2. The molecule has 0 aliphatic heterocycles. The molecule has 1 aliphatic carbocycles. The molecule has 0 spiro atoms. The Morgan fingerprint density at radius 1 is 1.22 bits per heavy atom. The molecule has 1 heterocycles. The molecule has 3 nitrogen and oxygen atoms in total. The Balaban J connectivity index is 2.01. The Morgan fingerprint density at radius 3 is 2.67 bits per heavy atom. The zero-order chi connectivity index (χ0) is 12.5. The third-order valence-electron chi connectivity index (χ3n) is 3.32. The minimum atomic E-state index is 0.513. The van der Waals surface area contributed by atoms with Crippen molar-refractivity contribution >= 4 is 5.69 Å². The fourth-order valence-corrected chi connectivity index (χ4v) is 2.10. The van der Waals surface area contributed by atoms with Gasteiger partial charge in [0, 0.05) is 28.9 Å². The number of para-hydroxylation sites is 1. The monoisotopic (exact) mass is 235 g/mol. The van der Waals surface area contributed by atoms with Crippen molar-refractivity contribution in [1.82, 2.24) is 4.98 Å². The van der Waals surface area contributed by atoms with Crippen LogP contribution >= 0.6 is 0 Å². The molecule has 18 heavy (non-hydrogen) atoms. The molecule has 2 aromatic rings. The summed E-state index contributed by atoms with van der Waals surface area (Å²) in [6.07, 6.45) is 4.34. The summed E-state index contributed by atoms with van der Waals surface area (Å²) < 4.78 is 0. The third kappa shape index (κ3) is 1.82. The summed E-state index contributed by atoms with van der Waals surface area (Å²) in [5.74, 6) is 0.654. The number of hydrogen-bond donors (Lipinski definition) is 1. The minimum absolute atomic E-state index is 0.513. The molecule has 0 bridgehead atoms. The predicted molar refractivity (Wildman–Crippen MR) is 70.8 cm³/mol. The van der Waals surface area contributed by atoms with Gasteiger partial charge in [-0.25, -0.2) is 0 Å². The maximum Gasteiger partial charge on any atom is 0.101 e. The second kappa shape index (κ2) is 4.15. The van der Waals surface area contributed by atoms with Gasteiger partial charge in [-0.05, 0) is 25.0 Å². The van der Waals surface area contributed by atoms with E-state index in [1.54, 1.807) is 6.07 Å². The molecule has 1 aliphatic rings. The summed E-state index contributed by atoms with van der Waals surface area (Å²) >= 11 is 0. The van der Waals surface area contributed by atoms with Crippen LogP contribution in [0.25, 0.3) is 11.1 Å². The predicted octanol–water partition coefficient (Wildman–Crippen LogP) is 3.08. The molecule has 0 unspecified atom stereocenters. The second-order valence-corrected chi connectivity index (χ2v) is 4.62. The van der Waals surface area contributed by atoms with Gasteiger partial charge in [-0.1, -0.05) is 18.2 Å². The van der Waals surface area contributed by atoms with Gasteiger partial charge >= 0.3 is 0 Å². The van der Waals surface area contributed by atoms with Crippen molar-refractivity contribution < 1.29 is 0 Å². The Labute approximate surface area is 106 Å². The number of benzene rings is 1. The first-order valence-electron chi connectivity index (χ1n) is 6.04. The molecule has 0 atom stereocenters. The van der Waals surface area contributed by atoms with Gasteiger partial charge in [0.05, 0.1) is 11.3 Å². The first kappa shape index (κ1) is 10.8. The molecule has 3 rings (SSSR count). The molecule has 1 aromatic carbocycles. The summed E-state index contributed by atoms with van der Waals surface area (Å²) in [5, 5.41) is 8.97. The normalized spacial score (nSPS) is 14.2. The topological polar surface area (TPSA) is 62.7 Å². The zero-order valence-corrected chi connectivity index (χ0v) is 9.93. The SMILES string of the molecule is N#Cc1cccc(-c2ccc(C3CC3)nc2)c1N. The van der Waals surface area contributed by atoms with Crippen molar-refractivity contribution in [1.29, 1.82) is 5.26 Å². The van der Waals surface area contributed by atoms with E-state index in [1.165, 1.54) is 12.8 Å². The Morgan fingerprint density at radius 2 is 2.06 bits per heavy atom. The average Bonchev–Trinajstić information content (AvgIpc) is 3.24. The van der Waals surface area contributed by atoms with Gasteiger partial charge in [0.25, 0.3) is 0 Å². The van der Waals surface area contributed by atoms with Gasteiger partial charge in [-0.2, -0.15) is 5.26 Å². The van der Waals surface area contributed by atoms with Crippen LogP contribution in [0.4, 0.5) is 5.69 Å². The quantitative estimate of drug-likeness (QED) is 0.813. The maximum atomic E-state index is 8.97. The fourth-order valence-electron chi connectivity index (χ4n) is 2.10. The van der Waals surface area contributed by atoms with Gasteiger partial charge in [-0.3, -0.25) is 4.98 Å². The lowest BCUT2D eigenvalue weighted by Crippen LogP contribution is -1.95. The highest BCUT2D eigenvalue weighted by Gasteiger charge is 2.24. The Kier molecular flexibility index (Phi) is 2.49. The smallest absolute Gasteiger partial charge is 0.101 e. The van der Waals surface area contributed by atoms with Crippen LogP contribution in [0.3, 0.4) is 0 Å². The van der Waals surface area contributed by atoms with Crippen LogP contribution in [0.15, 0.2) is 36.5 Å². The number of aromatic nitrogens is 1. The van der Waals surface area contributed by atoms with E-state index < -0.39 is 0 Å². The summed E-state index contributed by atoms with van der Waals surface area (Å²) in [6.45, 7) is 0. The van der Waals surface area contributed by atoms with Gasteiger partial charge in [0.1, 0.15) is 6.07 Å². The Bertz CT molecular complexity index is 619. The summed E-state index contributed by atoms with van der Waals surface area (Å²) in [7, 11) is 0. The van der Waals surface area contributed by atoms with Crippen LogP contribution < -0.4 is 5.73 Å². The van der Waals surface area contributed by atoms with Crippen LogP contribution in [0.2, 0.25) is 0 Å². The van der Waals surface area contributed by atoms with Crippen molar-refractivity contribution in [2.24, 2.45) is 0 Å². The molecule has 1 fully saturated rings. The number of rotatable bonds is 2. The standard InChI is InChI=1S/C15H13N3/c16-8-11-2-1-3-13(15(11)17)12-6-7-14(18-9-12)10-4-5-10/h1-3,6-7,9-10H,4-5,17H2. The molecule has 88 valence electrons. The zero-order valence-electron chi connectivity index (χ0n) is 9.93. The van der Waals surface area contributed by atoms with Gasteiger partial charge in [0.2, 0.25) is 0 Å². The molecule has 1 saturated carbocycles. The molecule has 2 N–H and O–H groups in total. The summed E-state index contributed by atoms with van der Waals surface area (Å²) in [5.41, 5.74) is 10.0. The van der Waals surface area contributed by atoms with Crippen LogP contribution in [0.1, 0.15) is 30.0 Å². The highest BCUT2D eigenvalue weighted by Crippen LogP contribution is 2.39. The van der Waals surface area contributed by atoms with Crippen LogP contribution in [0.5, 0.6) is 0 Å². The largest absolute Gasteiger partial charge is 0.397 e. The van der Waals surface area contributed by atoms with Crippen molar-refractivity contribution in [2.75, 3.05) is 5.73 Å². The van der Waals surface area contributed by atoms with E-state index in [9.17, 15) is 0 Å². The molecule has 0 amide bonds. The van der Waals surface area contributed by atoms with E-state index in [-0.39, 0.29) is 0 Å². The average molecular weight is 235 g/mol. The van der Waals surface area contributed by atoms with Crippen molar-refractivity contribution in [3.63, 3.8) is 0 Å². The molecule has 1 aromatic heterocycles. The lowest BCUT2D eigenvalue weighted by molar-refractivity contribution is 1.02. The highest BCUT2D eigenvalue weighted by atomic mass is 14.7. The third-order valence-corrected chi connectivity index (χ3v) is 3.32. The number of nitrogen functional groups attached to an aromatic ring is 1. The van der Waals surface area contributed by atoms with Crippen molar-refractivity contribution in [3.8, 4) is 17.2 Å². The first-order valence-corrected chi connectivity index (χ1v) is 6.04. The molecular weight excluding hydrogens is 222 g/mol. The Hall–Kier alpha value is -2.34. The van der Waals surface area contributed by atoms with E-state index >= 15 is 0 Å². The fraction of sp³-hybridized carbons (Fsp3) is 0.200. The van der Waals surface area contributed by atoms with E-state index in [0.717, 1.165) is 16.8 Å². The van der Waals surface area contributed by atoms with Crippen LogP contribution in [0, 0.1) is 11.3 Å². The van der Waals surface area contributed by atoms with Crippen molar-refractivity contribution in [3.05, 3.63) is 47.8 Å². The minimum Gasteiger partial charge on any atom is -0.397 e. The molecular formula is C15H13N3. The lowest BCUT2D eigenvalue weighted by Gasteiger charge is -2.07. The summed E-state index contributed by atoms with van der Waals surface area (Å²) in [4.78, 5) is 4.48. The molecule has 0 radical (unpaired) electrons. The van der Waals surface area contributed by atoms with Crippen molar-refractivity contribution in [2.45, 2.75) is 18.8 Å². The van der Waals surface area contributed by atoms with Crippen LogP contribution in [-0.4, -0.2) is 4.98 Å². The number of nitriles is 1. The maximum absolute atomic E-state index is 8.97. The van der Waals surface area contributed by atoms with Gasteiger partial charge in [-0.15, -0.1) is 0 Å². The van der Waals surface area contributed by atoms with E-state index in [2.05, 4.69) is 17.1 Å². The number of nitrogens with two attached hydrogens (primary N) is 1. The van der Waals surface area contributed by atoms with E-state index in [0.29, 0.717) is 17.2 Å². The highest BCUT2D eigenvalue weighted by molar-refractivity contribution is 5.79. The van der Waals surface area contributed by atoms with Crippen LogP contribution in [-0.2, 0) is 0 Å². The van der Waals surface area contributed by atoms with Gasteiger partial charge < -0.3 is 5.73 Å². The van der Waals surface area contributed by atoms with E-state index in [4.69, 9.17) is 11.0 Å². The number of hydrogen-bond acceptors (Lipinski definition) is 3. The molecule has 3 heteroatoms. The molecule has 0 saturated heterocycles. The first-order chi connectivity index (χ1) is 8.79. The van der Waals surface area contributed by atoms with Gasteiger partial charge in [0.15, 0.2) is 0 Å².